The lowest BCUT2D eigenvalue weighted by molar-refractivity contribution is 0.106. The van der Waals surface area contributed by atoms with E-state index in [1.54, 1.807) is 0 Å². The summed E-state index contributed by atoms with van der Waals surface area (Å²) >= 11 is 0. The van der Waals surface area contributed by atoms with Gasteiger partial charge in [-0.05, 0) is 62.9 Å². The van der Waals surface area contributed by atoms with Crippen molar-refractivity contribution >= 4 is 5.96 Å². The predicted molar refractivity (Wildman–Crippen MR) is 88.6 cm³/mol. The predicted octanol–water partition coefficient (Wildman–Crippen LogP) is 2.22. The van der Waals surface area contributed by atoms with E-state index in [2.05, 4.69) is 27.4 Å². The Labute approximate surface area is 129 Å². The summed E-state index contributed by atoms with van der Waals surface area (Å²) in [6.45, 7) is 6.85. The van der Waals surface area contributed by atoms with Gasteiger partial charge in [-0.25, -0.2) is 0 Å². The van der Waals surface area contributed by atoms with Gasteiger partial charge in [-0.15, -0.1) is 0 Å². The van der Waals surface area contributed by atoms with Gasteiger partial charge in [-0.2, -0.15) is 0 Å². The molecule has 3 aliphatic rings. The molecule has 1 atom stereocenters. The molecular formula is C17H32N4. The van der Waals surface area contributed by atoms with Gasteiger partial charge >= 0.3 is 0 Å². The molecule has 2 aliphatic carbocycles. The monoisotopic (exact) mass is 292 g/mol. The van der Waals surface area contributed by atoms with Gasteiger partial charge in [0, 0.05) is 26.2 Å². The van der Waals surface area contributed by atoms with Gasteiger partial charge in [0.1, 0.15) is 0 Å². The van der Waals surface area contributed by atoms with Crippen LogP contribution in [0, 0.1) is 11.3 Å². The van der Waals surface area contributed by atoms with Gasteiger partial charge in [0.2, 0.25) is 0 Å². The molecule has 1 unspecified atom stereocenters. The van der Waals surface area contributed by atoms with Gasteiger partial charge < -0.3 is 10.6 Å². The standard InChI is InChI=1S/C17H32N4/c1-3-21-11-4-6-15(21)12-19-16(18-2)20-13-17(9-5-10-17)14-7-8-14/h14-15H,3-13H2,1-2H3,(H2,18,19,20). The molecule has 3 rings (SSSR count). The van der Waals surface area contributed by atoms with E-state index < -0.39 is 0 Å². The molecule has 3 fully saturated rings. The molecule has 4 heteroatoms. The first-order valence-corrected chi connectivity index (χ1v) is 8.96. The molecule has 0 aromatic carbocycles. The Balaban J connectivity index is 1.43. The van der Waals surface area contributed by atoms with Gasteiger partial charge in [0.25, 0.3) is 0 Å². The highest BCUT2D eigenvalue weighted by Gasteiger charge is 2.48. The van der Waals surface area contributed by atoms with Crippen molar-refractivity contribution in [1.82, 2.24) is 15.5 Å². The van der Waals surface area contributed by atoms with Crippen LogP contribution in [0.5, 0.6) is 0 Å². The molecule has 1 saturated heterocycles. The fourth-order valence-corrected chi connectivity index (χ4v) is 4.29. The average molecular weight is 292 g/mol. The van der Waals surface area contributed by atoms with E-state index in [1.807, 2.05) is 7.05 Å². The molecule has 0 aromatic rings. The van der Waals surface area contributed by atoms with Crippen molar-refractivity contribution in [2.45, 2.75) is 57.9 Å². The van der Waals surface area contributed by atoms with Crippen LogP contribution in [0.15, 0.2) is 4.99 Å². The summed E-state index contributed by atoms with van der Waals surface area (Å²) in [7, 11) is 1.89. The second-order valence-corrected chi connectivity index (χ2v) is 7.22. The second-order valence-electron chi connectivity index (χ2n) is 7.22. The Hall–Kier alpha value is -0.770. The first-order chi connectivity index (χ1) is 10.3. The molecule has 0 aromatic heterocycles. The molecule has 0 radical (unpaired) electrons. The fourth-order valence-electron chi connectivity index (χ4n) is 4.29. The number of rotatable bonds is 6. The van der Waals surface area contributed by atoms with Gasteiger partial charge in [0.05, 0.1) is 0 Å². The number of nitrogens with one attached hydrogen (secondary N) is 2. The Morgan fingerprint density at radius 2 is 2.00 bits per heavy atom. The number of aliphatic imine (C=N–C) groups is 1. The van der Waals surface area contributed by atoms with E-state index in [0.29, 0.717) is 11.5 Å². The van der Waals surface area contributed by atoms with Crippen LogP contribution in [0.25, 0.3) is 0 Å². The van der Waals surface area contributed by atoms with E-state index in [0.717, 1.165) is 25.0 Å². The van der Waals surface area contributed by atoms with Crippen LogP contribution in [-0.4, -0.2) is 50.1 Å². The van der Waals surface area contributed by atoms with E-state index in [-0.39, 0.29) is 0 Å². The van der Waals surface area contributed by atoms with Crippen LogP contribution in [0.1, 0.15) is 51.9 Å². The number of nitrogens with zero attached hydrogens (tertiary/aromatic N) is 2. The Morgan fingerprint density at radius 1 is 1.19 bits per heavy atom. The summed E-state index contributed by atoms with van der Waals surface area (Å²) in [5.74, 6) is 2.01. The third-order valence-electron chi connectivity index (χ3n) is 6.03. The molecule has 2 saturated carbocycles. The SMILES string of the molecule is CCN1CCCC1CNC(=NC)NCC1(C2CC2)CCC1. The van der Waals surface area contributed by atoms with Crippen molar-refractivity contribution in [3.8, 4) is 0 Å². The van der Waals surface area contributed by atoms with Crippen LogP contribution < -0.4 is 10.6 Å². The summed E-state index contributed by atoms with van der Waals surface area (Å²) in [6.07, 6.45) is 9.86. The quantitative estimate of drug-likeness (QED) is 0.582. The summed E-state index contributed by atoms with van der Waals surface area (Å²) in [6, 6.07) is 0.689. The van der Waals surface area contributed by atoms with E-state index in [9.17, 15) is 0 Å². The largest absolute Gasteiger partial charge is 0.356 e. The third-order valence-corrected chi connectivity index (χ3v) is 6.03. The van der Waals surface area contributed by atoms with Gasteiger partial charge in [-0.1, -0.05) is 13.3 Å². The first kappa shape index (κ1) is 15.1. The van der Waals surface area contributed by atoms with Crippen LogP contribution in [0.2, 0.25) is 0 Å². The number of likely N-dealkylation sites (N-methyl/N-ethyl adjacent to an activating group) is 1. The molecule has 1 aliphatic heterocycles. The van der Waals surface area contributed by atoms with E-state index >= 15 is 0 Å². The first-order valence-electron chi connectivity index (χ1n) is 8.96. The van der Waals surface area contributed by atoms with E-state index in [4.69, 9.17) is 0 Å². The minimum absolute atomic E-state index is 0.612. The van der Waals surface area contributed by atoms with E-state index in [1.165, 1.54) is 58.0 Å². The van der Waals surface area contributed by atoms with Crippen LogP contribution in [0.4, 0.5) is 0 Å². The topological polar surface area (TPSA) is 39.7 Å². The lowest BCUT2D eigenvalue weighted by atomic mass is 9.65. The minimum atomic E-state index is 0.612. The van der Waals surface area contributed by atoms with Crippen molar-refractivity contribution in [1.29, 1.82) is 0 Å². The molecule has 120 valence electrons. The van der Waals surface area contributed by atoms with Crippen molar-refractivity contribution in [2.75, 3.05) is 33.2 Å². The minimum Gasteiger partial charge on any atom is -0.356 e. The number of likely N-dealkylation sites (tertiary alicyclic amines) is 1. The molecule has 1 heterocycles. The van der Waals surface area contributed by atoms with Crippen LogP contribution in [-0.2, 0) is 0 Å². The van der Waals surface area contributed by atoms with Crippen molar-refractivity contribution < 1.29 is 0 Å². The summed E-state index contributed by atoms with van der Waals surface area (Å²) in [4.78, 5) is 7.00. The molecule has 4 nitrogen and oxygen atoms in total. The molecule has 0 spiro atoms. The lowest BCUT2D eigenvalue weighted by Gasteiger charge is -2.43. The molecular weight excluding hydrogens is 260 g/mol. The Morgan fingerprint density at radius 3 is 2.57 bits per heavy atom. The Bertz CT molecular complexity index is 371. The van der Waals surface area contributed by atoms with Crippen molar-refractivity contribution in [3.05, 3.63) is 0 Å². The lowest BCUT2D eigenvalue weighted by Crippen LogP contribution is -2.49. The van der Waals surface area contributed by atoms with Crippen LogP contribution >= 0.6 is 0 Å². The second kappa shape index (κ2) is 6.55. The molecule has 2 N–H and O–H groups in total. The molecule has 0 bridgehead atoms. The maximum absolute atomic E-state index is 4.42. The average Bonchev–Trinajstić information content (AvgIpc) is 3.20. The highest BCUT2D eigenvalue weighted by Crippen LogP contribution is 2.56. The van der Waals surface area contributed by atoms with Crippen LogP contribution in [0.3, 0.4) is 0 Å². The summed E-state index contributed by atoms with van der Waals surface area (Å²) in [5.41, 5.74) is 0.612. The highest BCUT2D eigenvalue weighted by atomic mass is 15.2. The number of hydrogen-bond acceptors (Lipinski definition) is 2. The molecule has 21 heavy (non-hydrogen) atoms. The Kier molecular flexibility index (Phi) is 4.72. The zero-order valence-corrected chi connectivity index (χ0v) is 13.8. The van der Waals surface area contributed by atoms with Gasteiger partial charge in [-0.3, -0.25) is 9.89 Å². The zero-order chi connectivity index (χ0) is 14.7. The normalized spacial score (nSPS) is 29.2. The van der Waals surface area contributed by atoms with Crippen molar-refractivity contribution in [2.24, 2.45) is 16.3 Å². The smallest absolute Gasteiger partial charge is 0.191 e. The summed E-state index contributed by atoms with van der Waals surface area (Å²) < 4.78 is 0. The fraction of sp³-hybridized carbons (Fsp3) is 0.941. The number of hydrogen-bond donors (Lipinski definition) is 2. The molecule has 0 amide bonds. The van der Waals surface area contributed by atoms with Crippen molar-refractivity contribution in [3.63, 3.8) is 0 Å². The van der Waals surface area contributed by atoms with Gasteiger partial charge in [0.15, 0.2) is 5.96 Å². The third kappa shape index (κ3) is 3.36. The summed E-state index contributed by atoms with van der Waals surface area (Å²) in [5, 5.41) is 7.16. The maximum Gasteiger partial charge on any atom is 0.191 e. The zero-order valence-electron chi connectivity index (χ0n) is 13.8. The highest BCUT2D eigenvalue weighted by molar-refractivity contribution is 5.79. The number of guanidine groups is 1. The maximum atomic E-state index is 4.42.